The Morgan fingerprint density at radius 2 is 1.88 bits per heavy atom. The fraction of sp³-hybridized carbons (Fsp3) is 0.143. The second-order valence-corrected chi connectivity index (χ2v) is 4.78. The highest BCUT2D eigenvalue weighted by atomic mass is 19.4. The summed E-state index contributed by atoms with van der Waals surface area (Å²) in [6.45, 7) is -1.56. The topological polar surface area (TPSA) is 94.4 Å². The number of anilines is 1. The molecule has 26 heavy (non-hydrogen) atoms. The number of carbonyl (C=O) groups is 1. The molecular weight excluding hydrogens is 369 g/mol. The Hall–Kier alpha value is -3.31. The summed E-state index contributed by atoms with van der Waals surface area (Å²) in [6.07, 6.45) is -3.63. The maximum Gasteiger partial charge on any atom is 0.422 e. The average Bonchev–Trinajstić information content (AvgIpc) is 2.55. The summed E-state index contributed by atoms with van der Waals surface area (Å²) >= 11 is 0. The smallest absolute Gasteiger partial charge is 0.422 e. The van der Waals surface area contributed by atoms with E-state index in [0.717, 1.165) is 18.3 Å². The van der Waals surface area contributed by atoms with E-state index >= 15 is 0 Å². The number of nitrogens with one attached hydrogen (secondary N) is 1. The van der Waals surface area contributed by atoms with Crippen LogP contribution in [-0.2, 0) is 0 Å². The van der Waals surface area contributed by atoms with Crippen molar-refractivity contribution in [1.82, 2.24) is 4.98 Å². The lowest BCUT2D eigenvalue weighted by atomic mass is 10.1. The van der Waals surface area contributed by atoms with Crippen molar-refractivity contribution in [3.63, 3.8) is 0 Å². The number of benzene rings is 1. The molecule has 2 rings (SSSR count). The van der Waals surface area contributed by atoms with Gasteiger partial charge in [-0.1, -0.05) is 0 Å². The van der Waals surface area contributed by atoms with Crippen molar-refractivity contribution in [2.45, 2.75) is 6.18 Å². The molecule has 1 N–H and O–H groups in total. The average molecular weight is 377 g/mol. The zero-order valence-electron chi connectivity index (χ0n) is 12.5. The first kappa shape index (κ1) is 19.0. The van der Waals surface area contributed by atoms with Gasteiger partial charge in [-0.3, -0.25) is 14.9 Å². The molecule has 1 aromatic carbocycles. The van der Waals surface area contributed by atoms with Gasteiger partial charge in [-0.2, -0.15) is 13.2 Å². The fourth-order valence-electron chi connectivity index (χ4n) is 1.76. The molecule has 0 unspecified atom stereocenters. The van der Waals surface area contributed by atoms with Crippen LogP contribution in [0.25, 0.3) is 0 Å². The van der Waals surface area contributed by atoms with Crippen LogP contribution in [0.1, 0.15) is 10.4 Å². The molecule has 0 aliphatic heterocycles. The molecule has 1 aromatic heterocycles. The van der Waals surface area contributed by atoms with Crippen molar-refractivity contribution in [3.05, 3.63) is 57.8 Å². The number of pyridine rings is 1. The highest BCUT2D eigenvalue weighted by Gasteiger charge is 2.28. The molecular formula is C14H8F5N3O4. The number of nitrogens with zero attached hydrogens (tertiary/aromatic N) is 2. The van der Waals surface area contributed by atoms with Gasteiger partial charge in [0, 0.05) is 6.07 Å². The molecule has 0 bridgehead atoms. The molecule has 7 nitrogen and oxygen atoms in total. The lowest BCUT2D eigenvalue weighted by Gasteiger charge is -2.09. The predicted molar refractivity (Wildman–Crippen MR) is 76.8 cm³/mol. The summed E-state index contributed by atoms with van der Waals surface area (Å²) < 4.78 is 66.8. The fourth-order valence-corrected chi connectivity index (χ4v) is 1.76. The van der Waals surface area contributed by atoms with E-state index in [1.807, 2.05) is 0 Å². The minimum absolute atomic E-state index is 0.0617. The number of hydrogen-bond acceptors (Lipinski definition) is 5. The normalized spacial score (nSPS) is 11.1. The van der Waals surface area contributed by atoms with Gasteiger partial charge in [0.05, 0.1) is 22.9 Å². The van der Waals surface area contributed by atoms with Crippen molar-refractivity contribution < 1.29 is 36.4 Å². The lowest BCUT2D eigenvalue weighted by Crippen LogP contribution is -2.19. The summed E-state index contributed by atoms with van der Waals surface area (Å²) in [4.78, 5) is 25.3. The Labute approximate surface area is 141 Å². The van der Waals surface area contributed by atoms with Gasteiger partial charge < -0.3 is 10.1 Å². The van der Waals surface area contributed by atoms with Gasteiger partial charge in [-0.25, -0.2) is 13.8 Å². The first-order chi connectivity index (χ1) is 12.1. The number of alkyl halides is 3. The highest BCUT2D eigenvalue weighted by Crippen LogP contribution is 2.24. The van der Waals surface area contributed by atoms with Gasteiger partial charge in [0.1, 0.15) is 5.56 Å². The Balaban J connectivity index is 2.15. The van der Waals surface area contributed by atoms with Gasteiger partial charge in [-0.15, -0.1) is 0 Å². The molecule has 0 saturated carbocycles. The van der Waals surface area contributed by atoms with Crippen LogP contribution in [-0.4, -0.2) is 28.6 Å². The first-order valence-corrected chi connectivity index (χ1v) is 6.67. The van der Waals surface area contributed by atoms with Crippen LogP contribution >= 0.6 is 0 Å². The zero-order valence-corrected chi connectivity index (χ0v) is 12.5. The van der Waals surface area contributed by atoms with Crippen LogP contribution in [0.3, 0.4) is 0 Å². The largest absolute Gasteiger partial charge is 0.468 e. The van der Waals surface area contributed by atoms with Crippen molar-refractivity contribution >= 4 is 17.3 Å². The summed E-state index contributed by atoms with van der Waals surface area (Å²) in [5.74, 6) is -4.48. The second kappa shape index (κ2) is 7.29. The van der Waals surface area contributed by atoms with Gasteiger partial charge >= 0.3 is 6.18 Å². The first-order valence-electron chi connectivity index (χ1n) is 6.67. The summed E-state index contributed by atoms with van der Waals surface area (Å²) in [5.41, 5.74) is -1.76. The number of rotatable bonds is 5. The van der Waals surface area contributed by atoms with Gasteiger partial charge in [0.2, 0.25) is 5.88 Å². The van der Waals surface area contributed by atoms with E-state index in [9.17, 15) is 36.9 Å². The zero-order chi connectivity index (χ0) is 19.5. The van der Waals surface area contributed by atoms with Crippen molar-refractivity contribution in [1.29, 1.82) is 0 Å². The maximum atomic E-state index is 13.3. The molecule has 12 heteroatoms. The number of halogens is 5. The molecule has 0 saturated heterocycles. The third kappa shape index (κ3) is 4.84. The van der Waals surface area contributed by atoms with E-state index in [4.69, 9.17) is 0 Å². The van der Waals surface area contributed by atoms with Crippen molar-refractivity contribution in [2.24, 2.45) is 0 Å². The molecule has 1 amide bonds. The molecule has 0 atom stereocenters. The van der Waals surface area contributed by atoms with E-state index < -0.39 is 46.5 Å². The van der Waals surface area contributed by atoms with Gasteiger partial charge in [-0.05, 0) is 12.1 Å². The monoisotopic (exact) mass is 377 g/mol. The second-order valence-electron chi connectivity index (χ2n) is 4.78. The third-order valence-electron chi connectivity index (χ3n) is 2.86. The van der Waals surface area contributed by atoms with Crippen LogP contribution in [0.5, 0.6) is 5.88 Å². The summed E-state index contributed by atoms with van der Waals surface area (Å²) in [5, 5.41) is 13.0. The Kier molecular flexibility index (Phi) is 5.33. The minimum atomic E-state index is -4.56. The van der Waals surface area contributed by atoms with E-state index in [0.29, 0.717) is 6.07 Å². The molecule has 2 aromatic rings. The number of carbonyl (C=O) groups excluding carboxylic acids is 1. The number of hydrogen-bond donors (Lipinski definition) is 1. The number of amides is 1. The van der Waals surface area contributed by atoms with E-state index in [2.05, 4.69) is 15.0 Å². The number of aromatic nitrogens is 1. The number of ether oxygens (including phenoxy) is 1. The number of nitro benzene ring substituents is 1. The Bertz CT molecular complexity index is 840. The van der Waals surface area contributed by atoms with Crippen LogP contribution in [0, 0.1) is 21.7 Å². The molecule has 138 valence electrons. The quantitative estimate of drug-likeness (QED) is 0.489. The molecule has 0 radical (unpaired) electrons. The van der Waals surface area contributed by atoms with Crippen molar-refractivity contribution in [2.75, 3.05) is 11.9 Å². The van der Waals surface area contributed by atoms with Crippen LogP contribution in [0.2, 0.25) is 0 Å². The van der Waals surface area contributed by atoms with E-state index in [-0.39, 0.29) is 17.6 Å². The SMILES string of the molecule is O=C(Nc1ccc(OCC(F)(F)F)nc1)c1cc(F)c(F)cc1[N+](=O)[O-]. The third-order valence-corrected chi connectivity index (χ3v) is 2.86. The lowest BCUT2D eigenvalue weighted by molar-refractivity contribution is -0.385. The number of nitro groups is 1. The molecule has 0 spiro atoms. The molecule has 0 fully saturated rings. The van der Waals surface area contributed by atoms with Crippen LogP contribution in [0.4, 0.5) is 33.3 Å². The van der Waals surface area contributed by atoms with Gasteiger partial charge in [0.25, 0.3) is 11.6 Å². The highest BCUT2D eigenvalue weighted by molar-refractivity contribution is 6.07. The minimum Gasteiger partial charge on any atom is -0.468 e. The summed E-state index contributed by atoms with van der Waals surface area (Å²) in [7, 11) is 0. The van der Waals surface area contributed by atoms with Gasteiger partial charge in [0.15, 0.2) is 18.2 Å². The molecule has 0 aliphatic carbocycles. The maximum absolute atomic E-state index is 13.3. The molecule has 1 heterocycles. The Morgan fingerprint density at radius 3 is 2.42 bits per heavy atom. The van der Waals surface area contributed by atoms with Crippen molar-refractivity contribution in [3.8, 4) is 5.88 Å². The van der Waals surface area contributed by atoms with E-state index in [1.54, 1.807) is 0 Å². The standard InChI is InChI=1S/C14H8F5N3O4/c15-9-3-8(11(22(24)25)4-10(9)16)13(23)21-7-1-2-12(20-5-7)26-6-14(17,18)19/h1-5H,6H2,(H,21,23). The predicted octanol–water partition coefficient (Wildman–Crippen LogP) is 3.46. The summed E-state index contributed by atoms with van der Waals surface area (Å²) in [6, 6.07) is 2.75. The van der Waals surface area contributed by atoms with Crippen LogP contribution < -0.4 is 10.1 Å². The molecule has 0 aliphatic rings. The van der Waals surface area contributed by atoms with Crippen LogP contribution in [0.15, 0.2) is 30.5 Å². The van der Waals surface area contributed by atoms with E-state index in [1.165, 1.54) is 0 Å². The Morgan fingerprint density at radius 1 is 1.23 bits per heavy atom.